The second-order valence-electron chi connectivity index (χ2n) is 2.79. The minimum Gasteiger partial charge on any atom is -0.341 e. The van der Waals surface area contributed by atoms with Crippen LogP contribution in [-0.2, 0) is 9.59 Å². The second-order valence-corrected chi connectivity index (χ2v) is 2.79. The Labute approximate surface area is 65.8 Å². The number of hydrogen-bond acceptors (Lipinski definition) is 2. The van der Waals surface area contributed by atoms with Gasteiger partial charge in [0, 0.05) is 25.7 Å². The highest BCUT2D eigenvalue weighted by Crippen LogP contribution is 2.04. The average Bonchev–Trinajstić information content (AvgIpc) is 2.04. The zero-order valence-electron chi connectivity index (χ0n) is 6.56. The van der Waals surface area contributed by atoms with E-state index in [-0.39, 0.29) is 6.04 Å². The Kier molecular flexibility index (Phi) is 2.46. The maximum absolute atomic E-state index is 10.4. The van der Waals surface area contributed by atoms with Crippen molar-refractivity contribution in [1.82, 2.24) is 9.80 Å². The molecule has 0 radical (unpaired) electrons. The van der Waals surface area contributed by atoms with Gasteiger partial charge in [-0.1, -0.05) is 0 Å². The van der Waals surface area contributed by atoms with E-state index < -0.39 is 0 Å². The van der Waals surface area contributed by atoms with Gasteiger partial charge in [0.1, 0.15) is 0 Å². The number of rotatable bonds is 2. The molecule has 1 heterocycles. The largest absolute Gasteiger partial charge is 0.341 e. The first-order valence-corrected chi connectivity index (χ1v) is 3.68. The molecule has 4 heteroatoms. The number of carbonyl (C=O) groups is 2. The molecule has 1 aliphatic heterocycles. The van der Waals surface area contributed by atoms with Crippen molar-refractivity contribution in [2.75, 3.05) is 19.6 Å². The summed E-state index contributed by atoms with van der Waals surface area (Å²) in [6.45, 7) is 3.91. The maximum Gasteiger partial charge on any atom is 0.210 e. The lowest BCUT2D eigenvalue weighted by Gasteiger charge is -2.35. The van der Waals surface area contributed by atoms with Crippen LogP contribution in [-0.4, -0.2) is 48.3 Å². The van der Waals surface area contributed by atoms with Crippen LogP contribution in [0.15, 0.2) is 0 Å². The summed E-state index contributed by atoms with van der Waals surface area (Å²) >= 11 is 0. The Hall–Kier alpha value is -1.06. The molecule has 1 fully saturated rings. The number of carbonyl (C=O) groups excluding carboxylic acids is 2. The van der Waals surface area contributed by atoms with E-state index in [1.54, 1.807) is 9.80 Å². The van der Waals surface area contributed by atoms with Crippen molar-refractivity contribution in [2.45, 2.75) is 13.0 Å². The van der Waals surface area contributed by atoms with Gasteiger partial charge in [-0.3, -0.25) is 9.59 Å². The van der Waals surface area contributed by atoms with E-state index in [0.29, 0.717) is 19.6 Å². The fraction of sp³-hybridized carbons (Fsp3) is 0.714. The molecule has 1 aliphatic rings. The quantitative estimate of drug-likeness (QED) is 0.496. The smallest absolute Gasteiger partial charge is 0.210 e. The molecule has 0 unspecified atom stereocenters. The monoisotopic (exact) mass is 156 g/mol. The van der Waals surface area contributed by atoms with Crippen molar-refractivity contribution >= 4 is 12.8 Å². The van der Waals surface area contributed by atoms with Crippen molar-refractivity contribution < 1.29 is 9.59 Å². The highest BCUT2D eigenvalue weighted by Gasteiger charge is 2.20. The van der Waals surface area contributed by atoms with Crippen molar-refractivity contribution in [3.05, 3.63) is 0 Å². The maximum atomic E-state index is 10.4. The van der Waals surface area contributed by atoms with Crippen LogP contribution >= 0.6 is 0 Å². The Morgan fingerprint density at radius 2 is 2.00 bits per heavy atom. The standard InChI is InChI=1S/C7H12N2O2/c1-7-4-8(5-10)2-3-9(7)6-11/h5-7H,2-4H2,1H3/t7-/m0/s1. The van der Waals surface area contributed by atoms with E-state index in [1.807, 2.05) is 6.92 Å². The SMILES string of the molecule is C[C@H]1CN(C=O)CCN1C=O. The van der Waals surface area contributed by atoms with E-state index in [9.17, 15) is 9.59 Å². The van der Waals surface area contributed by atoms with Crippen molar-refractivity contribution in [3.63, 3.8) is 0 Å². The van der Waals surface area contributed by atoms with E-state index in [4.69, 9.17) is 0 Å². The summed E-state index contributed by atoms with van der Waals surface area (Å²) in [7, 11) is 0. The van der Waals surface area contributed by atoms with Gasteiger partial charge < -0.3 is 9.80 Å². The molecular weight excluding hydrogens is 144 g/mol. The summed E-state index contributed by atoms with van der Waals surface area (Å²) in [6.07, 6.45) is 1.67. The lowest BCUT2D eigenvalue weighted by Crippen LogP contribution is -2.50. The van der Waals surface area contributed by atoms with Crippen LogP contribution in [0.2, 0.25) is 0 Å². The molecule has 62 valence electrons. The van der Waals surface area contributed by atoms with Crippen molar-refractivity contribution in [1.29, 1.82) is 0 Å². The van der Waals surface area contributed by atoms with Crippen LogP contribution in [0.4, 0.5) is 0 Å². The van der Waals surface area contributed by atoms with E-state index in [2.05, 4.69) is 0 Å². The van der Waals surface area contributed by atoms with Gasteiger partial charge in [0.05, 0.1) is 0 Å². The predicted molar refractivity (Wildman–Crippen MR) is 39.9 cm³/mol. The van der Waals surface area contributed by atoms with Crippen LogP contribution in [0, 0.1) is 0 Å². The van der Waals surface area contributed by atoms with E-state index >= 15 is 0 Å². The summed E-state index contributed by atoms with van der Waals surface area (Å²) in [5.74, 6) is 0. The fourth-order valence-corrected chi connectivity index (χ4v) is 1.25. The van der Waals surface area contributed by atoms with Crippen LogP contribution in [0.3, 0.4) is 0 Å². The lowest BCUT2D eigenvalue weighted by molar-refractivity contribution is -0.128. The Bertz CT molecular complexity index is 161. The van der Waals surface area contributed by atoms with Gasteiger partial charge in [0.25, 0.3) is 0 Å². The molecule has 0 spiro atoms. The van der Waals surface area contributed by atoms with Crippen molar-refractivity contribution in [3.8, 4) is 0 Å². The van der Waals surface area contributed by atoms with Gasteiger partial charge in [-0.2, -0.15) is 0 Å². The summed E-state index contributed by atoms with van der Waals surface area (Å²) in [5, 5.41) is 0. The third kappa shape index (κ3) is 1.69. The first-order chi connectivity index (χ1) is 5.27. The fourth-order valence-electron chi connectivity index (χ4n) is 1.25. The first-order valence-electron chi connectivity index (χ1n) is 3.68. The molecule has 4 nitrogen and oxygen atoms in total. The van der Waals surface area contributed by atoms with Crippen LogP contribution in [0.25, 0.3) is 0 Å². The highest BCUT2D eigenvalue weighted by molar-refractivity contribution is 5.51. The van der Waals surface area contributed by atoms with Gasteiger partial charge in [0.15, 0.2) is 0 Å². The molecular formula is C7H12N2O2. The van der Waals surface area contributed by atoms with Crippen LogP contribution < -0.4 is 0 Å². The zero-order chi connectivity index (χ0) is 8.27. The molecule has 1 rings (SSSR count). The third-order valence-corrected chi connectivity index (χ3v) is 1.99. The third-order valence-electron chi connectivity index (χ3n) is 1.99. The minimum absolute atomic E-state index is 0.159. The van der Waals surface area contributed by atoms with E-state index in [0.717, 1.165) is 12.8 Å². The summed E-state index contributed by atoms with van der Waals surface area (Å²) < 4.78 is 0. The number of amides is 2. The van der Waals surface area contributed by atoms with E-state index in [1.165, 1.54) is 0 Å². The van der Waals surface area contributed by atoms with Crippen LogP contribution in [0.1, 0.15) is 6.92 Å². The van der Waals surface area contributed by atoms with Crippen LogP contribution in [0.5, 0.6) is 0 Å². The highest BCUT2D eigenvalue weighted by atomic mass is 16.1. The minimum atomic E-state index is 0.159. The average molecular weight is 156 g/mol. The Morgan fingerprint density at radius 1 is 1.27 bits per heavy atom. The van der Waals surface area contributed by atoms with Crippen molar-refractivity contribution in [2.24, 2.45) is 0 Å². The molecule has 2 amide bonds. The molecule has 0 aromatic carbocycles. The summed E-state index contributed by atoms with van der Waals surface area (Å²) in [6, 6.07) is 0.159. The Morgan fingerprint density at radius 3 is 2.45 bits per heavy atom. The number of nitrogens with zero attached hydrogens (tertiary/aromatic N) is 2. The topological polar surface area (TPSA) is 40.6 Å². The second kappa shape index (κ2) is 3.37. The normalized spacial score (nSPS) is 25.0. The zero-order valence-corrected chi connectivity index (χ0v) is 6.56. The molecule has 11 heavy (non-hydrogen) atoms. The molecule has 0 bridgehead atoms. The molecule has 1 saturated heterocycles. The molecule has 0 aromatic rings. The molecule has 1 atom stereocenters. The van der Waals surface area contributed by atoms with Gasteiger partial charge >= 0.3 is 0 Å². The molecule has 0 N–H and O–H groups in total. The van der Waals surface area contributed by atoms with Gasteiger partial charge in [-0.05, 0) is 6.92 Å². The first kappa shape index (κ1) is 8.04. The molecule has 0 aliphatic carbocycles. The number of piperazine rings is 1. The number of hydrogen-bond donors (Lipinski definition) is 0. The van der Waals surface area contributed by atoms with Gasteiger partial charge in [0.2, 0.25) is 12.8 Å². The Balaban J connectivity index is 2.46. The van der Waals surface area contributed by atoms with Gasteiger partial charge in [-0.25, -0.2) is 0 Å². The summed E-state index contributed by atoms with van der Waals surface area (Å²) in [4.78, 5) is 24.1. The summed E-state index contributed by atoms with van der Waals surface area (Å²) in [5.41, 5.74) is 0. The predicted octanol–water partition coefficient (Wildman–Crippen LogP) is -0.695. The lowest BCUT2D eigenvalue weighted by atomic mass is 10.2. The molecule has 0 aromatic heterocycles. The van der Waals surface area contributed by atoms with Gasteiger partial charge in [-0.15, -0.1) is 0 Å². The molecule has 0 saturated carbocycles.